The Morgan fingerprint density at radius 3 is 2.45 bits per heavy atom. The molecule has 0 atom stereocenters. The molecule has 1 aliphatic carbocycles. The van der Waals surface area contributed by atoms with Gasteiger partial charge in [-0.2, -0.15) is 0 Å². The Kier molecular flexibility index (Phi) is 5.17. The number of rotatable bonds is 7. The number of hydrogen-bond donors (Lipinski definition) is 2. The van der Waals surface area contributed by atoms with E-state index in [2.05, 4.69) is 20.2 Å². The van der Waals surface area contributed by atoms with Crippen LogP contribution in [0.2, 0.25) is 0 Å². The van der Waals surface area contributed by atoms with Crippen molar-refractivity contribution in [2.24, 2.45) is 0 Å². The van der Waals surface area contributed by atoms with Crippen LogP contribution in [-0.2, 0) is 10.0 Å². The highest BCUT2D eigenvalue weighted by Crippen LogP contribution is 2.21. The molecule has 1 saturated carbocycles. The molecular formula is C13H22N4O2S. The van der Waals surface area contributed by atoms with E-state index in [-0.39, 0.29) is 11.6 Å². The molecule has 0 unspecified atom stereocenters. The number of nitrogens with zero attached hydrogens (tertiary/aromatic N) is 2. The number of nitrogens with one attached hydrogen (secondary N) is 2. The zero-order valence-electron chi connectivity index (χ0n) is 11.8. The van der Waals surface area contributed by atoms with Crippen LogP contribution in [0.1, 0.15) is 45.4 Å². The monoisotopic (exact) mass is 298 g/mol. The molecule has 112 valence electrons. The van der Waals surface area contributed by atoms with E-state index in [0.717, 1.165) is 19.3 Å². The summed E-state index contributed by atoms with van der Waals surface area (Å²) in [6, 6.07) is 3.88. The van der Waals surface area contributed by atoms with Crippen molar-refractivity contribution in [3.8, 4) is 0 Å². The summed E-state index contributed by atoms with van der Waals surface area (Å²) < 4.78 is 25.9. The Morgan fingerprint density at radius 1 is 1.20 bits per heavy atom. The van der Waals surface area contributed by atoms with Crippen molar-refractivity contribution in [1.82, 2.24) is 10.2 Å². The lowest BCUT2D eigenvalue weighted by atomic mass is 10.2. The van der Waals surface area contributed by atoms with Gasteiger partial charge in [-0.15, -0.1) is 10.2 Å². The van der Waals surface area contributed by atoms with Gasteiger partial charge in [-0.3, -0.25) is 4.72 Å². The van der Waals surface area contributed by atoms with Gasteiger partial charge in [-0.1, -0.05) is 26.2 Å². The number of unbranched alkanes of at least 4 members (excludes halogenated alkanes) is 1. The van der Waals surface area contributed by atoms with Crippen molar-refractivity contribution in [3.63, 3.8) is 0 Å². The summed E-state index contributed by atoms with van der Waals surface area (Å²) in [7, 11) is -3.30. The van der Waals surface area contributed by atoms with Crippen LogP contribution in [0.3, 0.4) is 0 Å². The van der Waals surface area contributed by atoms with Gasteiger partial charge >= 0.3 is 0 Å². The van der Waals surface area contributed by atoms with Crippen LogP contribution in [0, 0.1) is 0 Å². The van der Waals surface area contributed by atoms with Crippen molar-refractivity contribution in [2.45, 2.75) is 51.5 Å². The smallest absolute Gasteiger partial charge is 0.233 e. The molecule has 0 spiro atoms. The Bertz CT molecular complexity index is 510. The third kappa shape index (κ3) is 4.63. The molecule has 7 heteroatoms. The normalized spacial score (nSPS) is 16.2. The van der Waals surface area contributed by atoms with Crippen LogP contribution < -0.4 is 10.0 Å². The highest BCUT2D eigenvalue weighted by Gasteiger charge is 2.15. The van der Waals surface area contributed by atoms with Crippen molar-refractivity contribution in [2.75, 3.05) is 15.8 Å². The van der Waals surface area contributed by atoms with Gasteiger partial charge in [0.25, 0.3) is 0 Å². The zero-order chi connectivity index (χ0) is 14.4. The Morgan fingerprint density at radius 2 is 1.85 bits per heavy atom. The van der Waals surface area contributed by atoms with E-state index in [0.29, 0.717) is 18.3 Å². The van der Waals surface area contributed by atoms with E-state index < -0.39 is 10.0 Å². The van der Waals surface area contributed by atoms with Crippen molar-refractivity contribution < 1.29 is 8.42 Å². The molecule has 1 aliphatic rings. The Balaban J connectivity index is 1.90. The van der Waals surface area contributed by atoms with Gasteiger partial charge < -0.3 is 5.32 Å². The summed E-state index contributed by atoms with van der Waals surface area (Å²) in [6.07, 6.45) is 6.31. The molecule has 1 aromatic heterocycles. The summed E-state index contributed by atoms with van der Waals surface area (Å²) in [5.41, 5.74) is 0. The second kappa shape index (κ2) is 6.88. The van der Waals surface area contributed by atoms with Crippen molar-refractivity contribution in [3.05, 3.63) is 12.1 Å². The molecule has 0 aromatic carbocycles. The predicted molar refractivity (Wildman–Crippen MR) is 80.2 cm³/mol. The van der Waals surface area contributed by atoms with Gasteiger partial charge in [0.15, 0.2) is 5.82 Å². The van der Waals surface area contributed by atoms with Crippen LogP contribution in [0.4, 0.5) is 11.6 Å². The van der Waals surface area contributed by atoms with E-state index in [1.807, 2.05) is 6.92 Å². The number of hydrogen-bond acceptors (Lipinski definition) is 5. The molecule has 20 heavy (non-hydrogen) atoms. The first-order chi connectivity index (χ1) is 9.59. The first-order valence-electron chi connectivity index (χ1n) is 7.20. The highest BCUT2D eigenvalue weighted by molar-refractivity contribution is 7.92. The average molecular weight is 298 g/mol. The number of aromatic nitrogens is 2. The fraction of sp³-hybridized carbons (Fsp3) is 0.692. The first-order valence-corrected chi connectivity index (χ1v) is 8.85. The number of sulfonamides is 1. The quantitative estimate of drug-likeness (QED) is 0.807. The summed E-state index contributed by atoms with van der Waals surface area (Å²) in [6.45, 7) is 1.96. The Hall–Kier alpha value is -1.37. The maximum absolute atomic E-state index is 11.7. The fourth-order valence-corrected chi connectivity index (χ4v) is 3.49. The van der Waals surface area contributed by atoms with Crippen LogP contribution in [0.5, 0.6) is 0 Å². The van der Waals surface area contributed by atoms with Crippen LogP contribution in [0.25, 0.3) is 0 Å². The minimum Gasteiger partial charge on any atom is -0.366 e. The van der Waals surface area contributed by atoms with Crippen LogP contribution in [0.15, 0.2) is 12.1 Å². The third-order valence-electron chi connectivity index (χ3n) is 3.40. The molecule has 0 radical (unpaired) electrons. The summed E-state index contributed by atoms with van der Waals surface area (Å²) in [4.78, 5) is 0. The van der Waals surface area contributed by atoms with E-state index in [9.17, 15) is 8.42 Å². The molecule has 6 nitrogen and oxygen atoms in total. The second-order valence-corrected chi connectivity index (χ2v) is 7.05. The fourth-order valence-electron chi connectivity index (χ4n) is 2.29. The van der Waals surface area contributed by atoms with E-state index in [1.54, 1.807) is 12.1 Å². The van der Waals surface area contributed by atoms with E-state index in [1.165, 1.54) is 12.8 Å². The molecule has 0 aliphatic heterocycles. The Labute approximate surface area is 120 Å². The maximum Gasteiger partial charge on any atom is 0.233 e. The molecule has 0 saturated heterocycles. The largest absolute Gasteiger partial charge is 0.366 e. The minimum atomic E-state index is -3.30. The van der Waals surface area contributed by atoms with Gasteiger partial charge in [0.2, 0.25) is 10.0 Å². The standard InChI is InChI=1S/C13H22N4O2S/c1-2-3-10-20(18,19)17-13-9-8-12(15-16-13)14-11-6-4-5-7-11/h8-9,11H,2-7,10H2,1H3,(H,14,15)(H,16,17). The molecule has 1 heterocycles. The molecule has 2 rings (SSSR count). The van der Waals surface area contributed by atoms with Gasteiger partial charge in [0, 0.05) is 6.04 Å². The molecule has 0 amide bonds. The maximum atomic E-state index is 11.7. The van der Waals surface area contributed by atoms with Gasteiger partial charge in [0.1, 0.15) is 5.82 Å². The summed E-state index contributed by atoms with van der Waals surface area (Å²) >= 11 is 0. The molecule has 0 bridgehead atoms. The topological polar surface area (TPSA) is 84.0 Å². The first kappa shape index (κ1) is 15.0. The SMILES string of the molecule is CCCCS(=O)(=O)Nc1ccc(NC2CCCC2)nn1. The molecule has 2 N–H and O–H groups in total. The van der Waals surface area contributed by atoms with Crippen LogP contribution in [-0.4, -0.2) is 30.4 Å². The van der Waals surface area contributed by atoms with Crippen molar-refractivity contribution in [1.29, 1.82) is 0 Å². The van der Waals surface area contributed by atoms with E-state index >= 15 is 0 Å². The molecular weight excluding hydrogens is 276 g/mol. The molecule has 1 fully saturated rings. The van der Waals surface area contributed by atoms with Crippen molar-refractivity contribution >= 4 is 21.7 Å². The average Bonchev–Trinajstić information content (AvgIpc) is 2.91. The number of anilines is 2. The van der Waals surface area contributed by atoms with Gasteiger partial charge in [-0.25, -0.2) is 8.42 Å². The van der Waals surface area contributed by atoms with Gasteiger partial charge in [-0.05, 0) is 31.4 Å². The molecule has 1 aromatic rings. The van der Waals surface area contributed by atoms with Gasteiger partial charge in [0.05, 0.1) is 5.75 Å². The predicted octanol–water partition coefficient (Wildman–Crippen LogP) is 2.37. The van der Waals surface area contributed by atoms with E-state index in [4.69, 9.17) is 0 Å². The second-order valence-electron chi connectivity index (χ2n) is 5.20. The minimum absolute atomic E-state index is 0.118. The summed E-state index contributed by atoms with van der Waals surface area (Å²) in [5.74, 6) is 1.10. The third-order valence-corrected chi connectivity index (χ3v) is 4.74. The van der Waals surface area contributed by atoms with Crippen LogP contribution >= 0.6 is 0 Å². The zero-order valence-corrected chi connectivity index (χ0v) is 12.6. The lowest BCUT2D eigenvalue weighted by Gasteiger charge is -2.12. The summed E-state index contributed by atoms with van der Waals surface area (Å²) in [5, 5.41) is 11.2. The highest BCUT2D eigenvalue weighted by atomic mass is 32.2. The lowest BCUT2D eigenvalue weighted by molar-refractivity contribution is 0.597. The lowest BCUT2D eigenvalue weighted by Crippen LogP contribution is -2.19.